The number of rotatable bonds is 9. The van der Waals surface area contributed by atoms with Gasteiger partial charge in [-0.3, -0.25) is 4.79 Å². The van der Waals surface area contributed by atoms with Crippen molar-refractivity contribution in [2.75, 3.05) is 32.2 Å². The van der Waals surface area contributed by atoms with E-state index in [1.165, 1.54) is 0 Å². The van der Waals surface area contributed by atoms with Crippen molar-refractivity contribution in [3.05, 3.63) is 0 Å². The average molecular weight is 285 g/mol. The third kappa shape index (κ3) is 5.74. The quantitative estimate of drug-likeness (QED) is 0.346. The molecule has 0 bridgehead atoms. The lowest BCUT2D eigenvalue weighted by Gasteiger charge is -2.28. The number of ether oxygens (including phenoxy) is 1. The second kappa shape index (κ2) is 7.64. The van der Waals surface area contributed by atoms with Gasteiger partial charge in [-0.05, 0) is 6.92 Å². The van der Waals surface area contributed by atoms with Crippen LogP contribution in [0, 0.1) is 0 Å². The lowest BCUT2D eigenvalue weighted by Crippen LogP contribution is -2.57. The van der Waals surface area contributed by atoms with Crippen LogP contribution in [0.5, 0.6) is 0 Å². The molecule has 0 atom stereocenters. The molecule has 0 aliphatic carbocycles. The lowest BCUT2D eigenvalue weighted by molar-refractivity contribution is -0.142. The molecule has 0 aromatic carbocycles. The van der Waals surface area contributed by atoms with Gasteiger partial charge >= 0.3 is 5.97 Å². The summed E-state index contributed by atoms with van der Waals surface area (Å²) >= 11 is 0. The predicted octanol–water partition coefficient (Wildman–Crippen LogP) is -2.43. The van der Waals surface area contributed by atoms with Gasteiger partial charge in [0.05, 0.1) is 38.6 Å². The topological polar surface area (TPSA) is 133 Å². The summed E-state index contributed by atoms with van der Waals surface area (Å²) < 4.78 is 29.7. The SMILES string of the molecule is CCOC(=O)CCS(=O)(=O)NC(CO)(CO)CO. The normalized spacial score (nSPS) is 12.4. The van der Waals surface area contributed by atoms with Crippen LogP contribution in [0.3, 0.4) is 0 Å². The Hall–Kier alpha value is -0.740. The van der Waals surface area contributed by atoms with Gasteiger partial charge in [-0.2, -0.15) is 0 Å². The van der Waals surface area contributed by atoms with Gasteiger partial charge in [-0.25, -0.2) is 13.1 Å². The standard InChI is InChI=1S/C9H19NO7S/c1-2-17-8(14)3-4-18(15,16)10-9(5-11,6-12)7-13/h10-13H,2-7H2,1H3. The maximum atomic E-state index is 11.6. The molecule has 0 radical (unpaired) electrons. The van der Waals surface area contributed by atoms with Gasteiger partial charge in [0.1, 0.15) is 5.54 Å². The highest BCUT2D eigenvalue weighted by molar-refractivity contribution is 7.89. The summed E-state index contributed by atoms with van der Waals surface area (Å²) in [6.07, 6.45) is -0.346. The van der Waals surface area contributed by atoms with Crippen molar-refractivity contribution in [1.82, 2.24) is 4.72 Å². The first-order valence-electron chi connectivity index (χ1n) is 5.34. The van der Waals surface area contributed by atoms with Crippen molar-refractivity contribution in [2.24, 2.45) is 0 Å². The number of carbonyl (C=O) groups is 1. The number of nitrogens with one attached hydrogen (secondary N) is 1. The van der Waals surface area contributed by atoms with Crippen molar-refractivity contribution in [3.8, 4) is 0 Å². The predicted molar refractivity (Wildman–Crippen MR) is 62.2 cm³/mol. The first-order chi connectivity index (χ1) is 8.34. The molecule has 0 amide bonds. The van der Waals surface area contributed by atoms with E-state index >= 15 is 0 Å². The zero-order valence-electron chi connectivity index (χ0n) is 10.1. The highest BCUT2D eigenvalue weighted by atomic mass is 32.2. The van der Waals surface area contributed by atoms with Crippen LogP contribution >= 0.6 is 0 Å². The summed E-state index contributed by atoms with van der Waals surface area (Å²) in [6.45, 7) is -0.547. The number of aliphatic hydroxyl groups excluding tert-OH is 3. The van der Waals surface area contributed by atoms with Crippen molar-refractivity contribution in [3.63, 3.8) is 0 Å². The van der Waals surface area contributed by atoms with Crippen molar-refractivity contribution in [1.29, 1.82) is 0 Å². The molecule has 0 spiro atoms. The fourth-order valence-electron chi connectivity index (χ4n) is 1.08. The fraction of sp³-hybridized carbons (Fsp3) is 0.889. The van der Waals surface area contributed by atoms with Gasteiger partial charge in [0.25, 0.3) is 0 Å². The van der Waals surface area contributed by atoms with Crippen LogP contribution in [0.4, 0.5) is 0 Å². The molecule has 9 heteroatoms. The van der Waals surface area contributed by atoms with Crippen LogP contribution in [0.2, 0.25) is 0 Å². The fourth-order valence-corrected chi connectivity index (χ4v) is 2.47. The number of esters is 1. The number of sulfonamides is 1. The maximum absolute atomic E-state index is 11.6. The van der Waals surface area contributed by atoms with Crippen molar-refractivity contribution >= 4 is 16.0 Å². The van der Waals surface area contributed by atoms with Gasteiger partial charge in [-0.15, -0.1) is 0 Å². The highest BCUT2D eigenvalue weighted by Crippen LogP contribution is 2.05. The van der Waals surface area contributed by atoms with Gasteiger partial charge in [0.15, 0.2) is 0 Å². The van der Waals surface area contributed by atoms with E-state index in [1.54, 1.807) is 6.92 Å². The molecule has 0 saturated heterocycles. The maximum Gasteiger partial charge on any atom is 0.306 e. The van der Waals surface area contributed by atoms with E-state index in [1.807, 2.05) is 4.72 Å². The summed E-state index contributed by atoms with van der Waals surface area (Å²) in [7, 11) is -3.92. The van der Waals surface area contributed by atoms with E-state index in [9.17, 15) is 13.2 Å². The van der Waals surface area contributed by atoms with Gasteiger partial charge in [0, 0.05) is 0 Å². The molecule has 0 rings (SSSR count). The Morgan fingerprint density at radius 2 is 1.72 bits per heavy atom. The molecule has 0 unspecified atom stereocenters. The first-order valence-corrected chi connectivity index (χ1v) is 7.00. The molecule has 0 aliphatic rings. The molecule has 0 aromatic heterocycles. The van der Waals surface area contributed by atoms with Crippen LogP contribution in [0.1, 0.15) is 13.3 Å². The molecule has 8 nitrogen and oxygen atoms in total. The molecule has 4 N–H and O–H groups in total. The molecule has 0 aromatic rings. The summed E-state index contributed by atoms with van der Waals surface area (Å²) in [5, 5.41) is 26.9. The van der Waals surface area contributed by atoms with E-state index in [4.69, 9.17) is 15.3 Å². The molecule has 108 valence electrons. The van der Waals surface area contributed by atoms with E-state index in [0.717, 1.165) is 0 Å². The van der Waals surface area contributed by atoms with Crippen LogP contribution in [0.25, 0.3) is 0 Å². The van der Waals surface area contributed by atoms with E-state index in [2.05, 4.69) is 4.74 Å². The molecule has 0 heterocycles. The summed E-state index contributed by atoms with van der Waals surface area (Å²) in [4.78, 5) is 11.0. The molecular weight excluding hydrogens is 266 g/mol. The summed E-state index contributed by atoms with van der Waals surface area (Å²) in [6, 6.07) is 0. The number of hydrogen-bond donors (Lipinski definition) is 4. The number of aliphatic hydroxyl groups is 3. The van der Waals surface area contributed by atoms with E-state index in [-0.39, 0.29) is 13.0 Å². The second-order valence-electron chi connectivity index (χ2n) is 3.73. The molecule has 0 fully saturated rings. The van der Waals surface area contributed by atoms with Crippen LogP contribution < -0.4 is 4.72 Å². The molecule has 0 saturated carbocycles. The Kier molecular flexibility index (Phi) is 7.33. The zero-order valence-corrected chi connectivity index (χ0v) is 10.9. The van der Waals surface area contributed by atoms with Crippen LogP contribution in [0.15, 0.2) is 0 Å². The van der Waals surface area contributed by atoms with Gasteiger partial charge < -0.3 is 20.1 Å². The van der Waals surface area contributed by atoms with E-state index in [0.29, 0.717) is 0 Å². The van der Waals surface area contributed by atoms with Crippen LogP contribution in [-0.4, -0.2) is 67.4 Å². The second-order valence-corrected chi connectivity index (χ2v) is 5.57. The molecule has 0 aliphatic heterocycles. The minimum atomic E-state index is -3.92. The molecular formula is C9H19NO7S. The Balaban J connectivity index is 4.51. The van der Waals surface area contributed by atoms with Gasteiger partial charge in [-0.1, -0.05) is 0 Å². The summed E-state index contributed by atoms with van der Waals surface area (Å²) in [5.41, 5.74) is -1.73. The Morgan fingerprint density at radius 3 is 2.11 bits per heavy atom. The van der Waals surface area contributed by atoms with E-state index < -0.39 is 47.1 Å². The third-order valence-corrected chi connectivity index (χ3v) is 3.65. The smallest absolute Gasteiger partial charge is 0.306 e. The minimum absolute atomic E-state index is 0.153. The highest BCUT2D eigenvalue weighted by Gasteiger charge is 2.33. The first kappa shape index (κ1) is 17.3. The monoisotopic (exact) mass is 285 g/mol. The lowest BCUT2D eigenvalue weighted by atomic mass is 10.1. The van der Waals surface area contributed by atoms with Crippen molar-refractivity contribution in [2.45, 2.75) is 18.9 Å². The minimum Gasteiger partial charge on any atom is -0.466 e. The Morgan fingerprint density at radius 1 is 1.22 bits per heavy atom. The van der Waals surface area contributed by atoms with Crippen molar-refractivity contribution < 1.29 is 33.3 Å². The third-order valence-electron chi connectivity index (χ3n) is 2.16. The number of hydrogen-bond acceptors (Lipinski definition) is 7. The van der Waals surface area contributed by atoms with Crippen LogP contribution in [-0.2, 0) is 19.6 Å². The Labute approximate surface area is 106 Å². The average Bonchev–Trinajstić information content (AvgIpc) is 2.34. The largest absolute Gasteiger partial charge is 0.466 e. The number of carbonyl (C=O) groups excluding carboxylic acids is 1. The molecule has 18 heavy (non-hydrogen) atoms. The Bertz CT molecular complexity index is 342. The van der Waals surface area contributed by atoms with Gasteiger partial charge in [0.2, 0.25) is 10.0 Å². The zero-order chi connectivity index (χ0) is 14.2. The summed E-state index contributed by atoms with van der Waals surface area (Å²) in [5.74, 6) is -1.21.